The average molecular weight is 270 g/mol. The Bertz CT molecular complexity index is 265. The van der Waals surface area contributed by atoms with Gasteiger partial charge in [-0.3, -0.25) is 4.79 Å². The highest BCUT2D eigenvalue weighted by Gasteiger charge is 2.28. The Morgan fingerprint density at radius 2 is 2.00 bits per heavy atom. The SMILES string of the molecule is CCCCCN(CCC(NC1CC1)C(=O)O)C(C)C. The van der Waals surface area contributed by atoms with Gasteiger partial charge in [-0.2, -0.15) is 0 Å². The molecule has 0 radical (unpaired) electrons. The van der Waals surface area contributed by atoms with Gasteiger partial charge in [-0.25, -0.2) is 0 Å². The molecule has 0 aliphatic heterocycles. The van der Waals surface area contributed by atoms with Crippen molar-refractivity contribution < 1.29 is 9.90 Å². The van der Waals surface area contributed by atoms with Crippen molar-refractivity contribution in [2.75, 3.05) is 13.1 Å². The number of aliphatic carboxylic acids is 1. The maximum absolute atomic E-state index is 11.2. The third kappa shape index (κ3) is 6.92. The first-order chi connectivity index (χ1) is 9.04. The molecule has 0 aromatic rings. The van der Waals surface area contributed by atoms with Crippen LogP contribution in [0.25, 0.3) is 0 Å². The summed E-state index contributed by atoms with van der Waals surface area (Å²) in [5.41, 5.74) is 0. The molecule has 1 fully saturated rings. The van der Waals surface area contributed by atoms with E-state index in [-0.39, 0.29) is 6.04 Å². The number of nitrogens with one attached hydrogen (secondary N) is 1. The number of hydrogen-bond acceptors (Lipinski definition) is 3. The maximum atomic E-state index is 11.2. The fraction of sp³-hybridized carbons (Fsp3) is 0.933. The summed E-state index contributed by atoms with van der Waals surface area (Å²) in [6.45, 7) is 8.55. The quantitative estimate of drug-likeness (QED) is 0.566. The molecule has 0 amide bonds. The van der Waals surface area contributed by atoms with Crippen molar-refractivity contribution in [1.29, 1.82) is 0 Å². The van der Waals surface area contributed by atoms with Gasteiger partial charge in [0.05, 0.1) is 0 Å². The zero-order chi connectivity index (χ0) is 14.3. The second-order valence-corrected chi connectivity index (χ2v) is 5.96. The zero-order valence-corrected chi connectivity index (χ0v) is 12.7. The minimum Gasteiger partial charge on any atom is -0.480 e. The molecule has 0 spiro atoms. The lowest BCUT2D eigenvalue weighted by Crippen LogP contribution is -2.42. The Morgan fingerprint density at radius 1 is 1.32 bits per heavy atom. The molecule has 4 nitrogen and oxygen atoms in total. The van der Waals surface area contributed by atoms with Crippen molar-refractivity contribution in [2.45, 2.75) is 77.4 Å². The topological polar surface area (TPSA) is 52.6 Å². The van der Waals surface area contributed by atoms with E-state index in [1.54, 1.807) is 0 Å². The molecule has 2 N–H and O–H groups in total. The highest BCUT2D eigenvalue weighted by Crippen LogP contribution is 2.20. The summed E-state index contributed by atoms with van der Waals surface area (Å²) >= 11 is 0. The predicted molar refractivity (Wildman–Crippen MR) is 78.4 cm³/mol. The van der Waals surface area contributed by atoms with Crippen molar-refractivity contribution in [3.63, 3.8) is 0 Å². The van der Waals surface area contributed by atoms with Crippen molar-refractivity contribution >= 4 is 5.97 Å². The first-order valence-corrected chi connectivity index (χ1v) is 7.77. The molecule has 112 valence electrons. The van der Waals surface area contributed by atoms with Gasteiger partial charge in [0.2, 0.25) is 0 Å². The van der Waals surface area contributed by atoms with Crippen molar-refractivity contribution in [3.8, 4) is 0 Å². The second kappa shape index (κ2) is 8.54. The molecule has 0 aromatic heterocycles. The summed E-state index contributed by atoms with van der Waals surface area (Å²) in [7, 11) is 0. The van der Waals surface area contributed by atoms with Crippen LogP contribution in [-0.4, -0.2) is 47.2 Å². The van der Waals surface area contributed by atoms with E-state index in [0.717, 1.165) is 25.9 Å². The Kier molecular flexibility index (Phi) is 7.39. The first kappa shape index (κ1) is 16.4. The Morgan fingerprint density at radius 3 is 2.47 bits per heavy atom. The summed E-state index contributed by atoms with van der Waals surface area (Å²) in [6.07, 6.45) is 6.67. The number of carboxylic acids is 1. The maximum Gasteiger partial charge on any atom is 0.320 e. The molecular weight excluding hydrogens is 240 g/mol. The van der Waals surface area contributed by atoms with Gasteiger partial charge in [0.1, 0.15) is 6.04 Å². The summed E-state index contributed by atoms with van der Waals surface area (Å²) in [4.78, 5) is 13.6. The Hall–Kier alpha value is -0.610. The summed E-state index contributed by atoms with van der Waals surface area (Å²) in [5.74, 6) is -0.704. The Labute approximate surface area is 117 Å². The summed E-state index contributed by atoms with van der Waals surface area (Å²) < 4.78 is 0. The number of unbranched alkanes of at least 4 members (excludes halogenated alkanes) is 2. The van der Waals surface area contributed by atoms with E-state index in [1.807, 2.05) is 0 Å². The fourth-order valence-electron chi connectivity index (χ4n) is 2.30. The minimum atomic E-state index is -0.704. The lowest BCUT2D eigenvalue weighted by Gasteiger charge is -2.28. The van der Waals surface area contributed by atoms with Crippen LogP contribution in [0.2, 0.25) is 0 Å². The van der Waals surface area contributed by atoms with E-state index in [0.29, 0.717) is 18.5 Å². The first-order valence-electron chi connectivity index (χ1n) is 7.77. The van der Waals surface area contributed by atoms with Crippen LogP contribution >= 0.6 is 0 Å². The smallest absolute Gasteiger partial charge is 0.320 e. The average Bonchev–Trinajstić information content (AvgIpc) is 3.15. The molecule has 1 atom stereocenters. The van der Waals surface area contributed by atoms with Crippen LogP contribution in [0.3, 0.4) is 0 Å². The van der Waals surface area contributed by atoms with Gasteiger partial charge < -0.3 is 15.3 Å². The molecular formula is C15H30N2O2. The van der Waals surface area contributed by atoms with Crippen LogP contribution in [0.15, 0.2) is 0 Å². The van der Waals surface area contributed by atoms with E-state index in [4.69, 9.17) is 0 Å². The van der Waals surface area contributed by atoms with Gasteiger partial charge in [0.25, 0.3) is 0 Å². The van der Waals surface area contributed by atoms with Crippen molar-refractivity contribution in [2.24, 2.45) is 0 Å². The van der Waals surface area contributed by atoms with Gasteiger partial charge in [-0.15, -0.1) is 0 Å². The van der Waals surface area contributed by atoms with Crippen LogP contribution in [0.5, 0.6) is 0 Å². The highest BCUT2D eigenvalue weighted by atomic mass is 16.4. The molecule has 0 aromatic carbocycles. The predicted octanol–water partition coefficient (Wildman–Crippen LogP) is 2.48. The number of hydrogen-bond donors (Lipinski definition) is 2. The normalized spacial score (nSPS) is 17.1. The van der Waals surface area contributed by atoms with Gasteiger partial charge in [-0.05, 0) is 46.1 Å². The molecule has 0 saturated heterocycles. The molecule has 0 bridgehead atoms. The molecule has 1 aliphatic rings. The zero-order valence-electron chi connectivity index (χ0n) is 12.7. The van der Waals surface area contributed by atoms with Gasteiger partial charge in [0, 0.05) is 18.6 Å². The lowest BCUT2D eigenvalue weighted by atomic mass is 10.1. The van der Waals surface area contributed by atoms with Gasteiger partial charge in [-0.1, -0.05) is 19.8 Å². The number of carboxylic acid groups (broad SMARTS) is 1. The number of rotatable bonds is 11. The minimum absolute atomic E-state index is 0.375. The monoisotopic (exact) mass is 270 g/mol. The molecule has 19 heavy (non-hydrogen) atoms. The standard InChI is InChI=1S/C15H30N2O2/c1-4-5-6-10-17(12(2)3)11-9-14(15(18)19)16-13-7-8-13/h12-14,16H,4-11H2,1-3H3,(H,18,19). The van der Waals surface area contributed by atoms with E-state index in [2.05, 4.69) is 31.0 Å². The molecule has 0 heterocycles. The third-order valence-corrected chi connectivity index (χ3v) is 3.80. The van der Waals surface area contributed by atoms with Gasteiger partial charge in [0.15, 0.2) is 0 Å². The number of carbonyl (C=O) groups is 1. The Balaban J connectivity index is 2.32. The third-order valence-electron chi connectivity index (χ3n) is 3.80. The number of nitrogens with zero attached hydrogens (tertiary/aromatic N) is 1. The van der Waals surface area contributed by atoms with Crippen LogP contribution in [0, 0.1) is 0 Å². The van der Waals surface area contributed by atoms with Gasteiger partial charge >= 0.3 is 5.97 Å². The lowest BCUT2D eigenvalue weighted by molar-refractivity contribution is -0.139. The highest BCUT2D eigenvalue weighted by molar-refractivity contribution is 5.73. The largest absolute Gasteiger partial charge is 0.480 e. The van der Waals surface area contributed by atoms with Crippen LogP contribution < -0.4 is 5.32 Å². The van der Waals surface area contributed by atoms with Crippen molar-refractivity contribution in [1.82, 2.24) is 10.2 Å². The summed E-state index contributed by atoms with van der Waals surface area (Å²) in [5, 5.41) is 12.5. The van der Waals surface area contributed by atoms with E-state index >= 15 is 0 Å². The van der Waals surface area contributed by atoms with Crippen molar-refractivity contribution in [3.05, 3.63) is 0 Å². The summed E-state index contributed by atoms with van der Waals surface area (Å²) in [6, 6.07) is 0.570. The van der Waals surface area contributed by atoms with Crippen LogP contribution in [-0.2, 0) is 4.79 Å². The van der Waals surface area contributed by atoms with E-state index < -0.39 is 5.97 Å². The van der Waals surface area contributed by atoms with E-state index in [9.17, 15) is 9.90 Å². The molecule has 1 saturated carbocycles. The van der Waals surface area contributed by atoms with Crippen LogP contribution in [0.1, 0.15) is 59.3 Å². The van der Waals surface area contributed by atoms with Crippen LogP contribution in [0.4, 0.5) is 0 Å². The molecule has 4 heteroatoms. The molecule has 1 unspecified atom stereocenters. The second-order valence-electron chi connectivity index (χ2n) is 5.96. The molecule has 1 aliphatic carbocycles. The fourth-order valence-corrected chi connectivity index (χ4v) is 2.30. The van der Waals surface area contributed by atoms with E-state index in [1.165, 1.54) is 19.3 Å². The molecule has 1 rings (SSSR count).